The lowest BCUT2D eigenvalue weighted by Crippen LogP contribution is -2.15. The van der Waals surface area contributed by atoms with E-state index in [1.807, 2.05) is 12.1 Å². The Morgan fingerprint density at radius 2 is 0.673 bits per heavy atom. The maximum absolute atomic E-state index is 5.26. The van der Waals surface area contributed by atoms with Crippen LogP contribution in [-0.2, 0) is 51.4 Å². The van der Waals surface area contributed by atoms with Crippen molar-refractivity contribution in [2.24, 2.45) is 5.92 Å². The Bertz CT molecular complexity index is 4590. The fourth-order valence-electron chi connectivity index (χ4n) is 10.5. The van der Waals surface area contributed by atoms with Crippen LogP contribution in [0.3, 0.4) is 0 Å². The van der Waals surface area contributed by atoms with Gasteiger partial charge in [0.05, 0.1) is 0 Å². The molecule has 0 aliphatic carbocycles. The molecule has 3 aromatic carbocycles. The molecular formula is C71H88Br6N18S12. The van der Waals surface area contributed by atoms with Crippen LogP contribution in [0.5, 0.6) is 0 Å². The number of nitrogens with one attached hydrogen (secondary N) is 8. The van der Waals surface area contributed by atoms with Crippen molar-refractivity contribution >= 4 is 240 Å². The van der Waals surface area contributed by atoms with Crippen molar-refractivity contribution < 1.29 is 0 Å². The summed E-state index contributed by atoms with van der Waals surface area (Å²) in [6, 6.07) is 12.8. The van der Waals surface area contributed by atoms with Crippen molar-refractivity contribution in [3.8, 4) is 22.8 Å². The normalized spacial score (nSPS) is 11.9. The van der Waals surface area contributed by atoms with Crippen LogP contribution in [0.1, 0.15) is 193 Å². The van der Waals surface area contributed by atoms with E-state index >= 15 is 0 Å². The van der Waals surface area contributed by atoms with Gasteiger partial charge in [-0.15, -0.1) is 0 Å². The number of thioether (sulfide) groups is 4. The molecule has 0 radical (unpaired) electrons. The van der Waals surface area contributed by atoms with Crippen LogP contribution >= 0.6 is 240 Å². The van der Waals surface area contributed by atoms with Crippen LogP contribution in [0, 0.1) is 44.1 Å². The summed E-state index contributed by atoms with van der Waals surface area (Å²) in [7, 11) is 0. The Morgan fingerprint density at radius 3 is 1.02 bits per heavy atom. The van der Waals surface area contributed by atoms with Crippen LogP contribution in [0.15, 0.2) is 83.9 Å². The molecule has 107 heavy (non-hydrogen) atoms. The van der Waals surface area contributed by atoms with Crippen molar-refractivity contribution in [3.05, 3.63) is 147 Å². The summed E-state index contributed by atoms with van der Waals surface area (Å²) in [5.41, 5.74) is 6.86. The largest absolute Gasteiger partial charge is 0.321 e. The second kappa shape index (κ2) is 42.9. The number of aryl methyl sites for hydroxylation is 6. The molecule has 0 saturated carbocycles. The van der Waals surface area contributed by atoms with E-state index < -0.39 is 0 Å². The molecule has 9 rings (SSSR count). The summed E-state index contributed by atoms with van der Waals surface area (Å²) >= 11 is 70.6. The van der Waals surface area contributed by atoms with Crippen molar-refractivity contribution in [1.82, 2.24) is 89.7 Å². The Morgan fingerprint density at radius 1 is 0.346 bits per heavy atom. The highest BCUT2D eigenvalue weighted by atomic mass is 79.9. The van der Waals surface area contributed by atoms with Gasteiger partial charge in [0.1, 0.15) is 34.9 Å². The summed E-state index contributed by atoms with van der Waals surface area (Å²) in [5, 5.41) is 3.29. The van der Waals surface area contributed by atoms with Gasteiger partial charge in [0, 0.05) is 82.6 Å². The van der Waals surface area contributed by atoms with Gasteiger partial charge in [0.2, 0.25) is 19.1 Å². The van der Waals surface area contributed by atoms with E-state index in [4.69, 9.17) is 128 Å². The number of aromatic nitrogens is 18. The molecule has 6 aromatic heterocycles. The van der Waals surface area contributed by atoms with Crippen LogP contribution in [-0.4, -0.2) is 109 Å². The molecule has 0 saturated heterocycles. The zero-order chi connectivity index (χ0) is 78.7. The number of rotatable bonds is 28. The third-order valence-electron chi connectivity index (χ3n) is 14.9. The van der Waals surface area contributed by atoms with Crippen molar-refractivity contribution in [3.63, 3.8) is 0 Å². The highest BCUT2D eigenvalue weighted by Gasteiger charge is 2.24. The molecule has 36 heteroatoms. The number of unbranched alkanes of at least 4 members (excludes halogenated alkanes) is 5. The first-order chi connectivity index (χ1) is 50.1. The first-order valence-electron chi connectivity index (χ1n) is 34.6. The minimum atomic E-state index is 0.0482. The predicted molar refractivity (Wildman–Crippen MR) is 484 cm³/mol. The second-order valence-electron chi connectivity index (χ2n) is 29.0. The van der Waals surface area contributed by atoms with Gasteiger partial charge in [-0.3, -0.25) is 0 Å². The number of hydrogen-bond donors (Lipinski definition) is 8. The molecule has 0 unspecified atom stereocenters. The van der Waals surface area contributed by atoms with Crippen LogP contribution in [0.4, 0.5) is 0 Å². The lowest BCUT2D eigenvalue weighted by atomic mass is 9.92. The summed E-state index contributed by atoms with van der Waals surface area (Å²) in [6.45, 7) is 28.6. The van der Waals surface area contributed by atoms with Gasteiger partial charge in [-0.1, -0.05) is 252 Å². The number of aromatic amines is 8. The number of hydrogen-bond acceptors (Lipinski definition) is 22. The van der Waals surface area contributed by atoms with Crippen LogP contribution in [0.2, 0.25) is 0 Å². The topological polar surface area (TPSA) is 255 Å². The molecule has 0 spiro atoms. The summed E-state index contributed by atoms with van der Waals surface area (Å²) in [6.07, 6.45) is 17.1. The summed E-state index contributed by atoms with van der Waals surface area (Å²) < 4.78 is 9.54. The van der Waals surface area contributed by atoms with Crippen molar-refractivity contribution in [2.75, 3.05) is 0 Å². The molecular weight excluding hydrogens is 1970 g/mol. The molecule has 0 atom stereocenters. The molecule has 9 aromatic rings. The van der Waals surface area contributed by atoms with E-state index in [1.54, 1.807) is 47.0 Å². The van der Waals surface area contributed by atoms with Crippen LogP contribution < -0.4 is 0 Å². The maximum atomic E-state index is 5.26. The summed E-state index contributed by atoms with van der Waals surface area (Å²) in [5.74, 6) is 4.61. The summed E-state index contributed by atoms with van der Waals surface area (Å²) in [4.78, 5) is 69.7. The maximum Gasteiger partial charge on any atom is 0.201 e. The first kappa shape index (κ1) is 91.9. The third-order valence-corrected chi connectivity index (χ3v) is 24.6. The first-order valence-corrected chi connectivity index (χ1v) is 45.9. The average molecular weight is 2060 g/mol. The highest BCUT2D eigenvalue weighted by molar-refractivity contribution is 9.11. The minimum Gasteiger partial charge on any atom is -0.321 e. The molecule has 8 N–H and O–H groups in total. The Kier molecular flexibility index (Phi) is 36.9. The SMILES string of the molecule is CC(C)(C)Sc1nc(CCCCc2cc(Br)c(CCCCc3nc(SC(C)(C)C)nc(SC(C)(C)C)n3)cc2Br)nc(SC(C)(C)C)n1.CCCCCCc1cc(Br)cc(CCC(Cc2nc(=S)[nH]c(=S)[nH]2)Cc2nc(=S)[nH]c(=S)[nH]2)c1Br.S=c1nc(-c2cc(Br)c(-c3nc(=S)[nH]c(=S)[nH]3)cc2Br)[nH]c(=S)[nH]1. The second-order valence-corrected chi connectivity index (χ2v) is 44.5. The monoisotopic (exact) mass is 2050 g/mol. The van der Waals surface area contributed by atoms with E-state index in [9.17, 15) is 0 Å². The van der Waals surface area contributed by atoms with Gasteiger partial charge >= 0.3 is 0 Å². The minimum absolute atomic E-state index is 0.0482. The molecule has 576 valence electrons. The molecule has 18 nitrogen and oxygen atoms in total. The van der Waals surface area contributed by atoms with Gasteiger partial charge in [0.15, 0.2) is 39.7 Å². The highest BCUT2D eigenvalue weighted by Crippen LogP contribution is 2.39. The number of nitrogens with zero attached hydrogens (tertiary/aromatic N) is 10. The zero-order valence-corrected chi connectivity index (χ0v) is 81.0. The smallest absolute Gasteiger partial charge is 0.201 e. The molecule has 6 heterocycles. The fourth-order valence-corrected chi connectivity index (χ4v) is 19.2. The van der Waals surface area contributed by atoms with Gasteiger partial charge in [-0.2, -0.15) is 9.97 Å². The Labute approximate surface area is 735 Å². The van der Waals surface area contributed by atoms with Gasteiger partial charge < -0.3 is 39.9 Å². The number of H-pyrrole nitrogens is 8. The molecule has 0 amide bonds. The van der Waals surface area contributed by atoms with Gasteiger partial charge in [0.25, 0.3) is 0 Å². The Balaban J connectivity index is 0.000000237. The van der Waals surface area contributed by atoms with E-state index in [0.717, 1.165) is 139 Å². The van der Waals surface area contributed by atoms with Gasteiger partial charge in [-0.25, -0.2) is 39.9 Å². The van der Waals surface area contributed by atoms with Crippen LogP contribution in [0.25, 0.3) is 22.8 Å². The predicted octanol–water partition coefficient (Wildman–Crippen LogP) is 26.2. The van der Waals surface area contributed by atoms with E-state index in [-0.39, 0.29) is 24.9 Å². The Hall–Kier alpha value is -2.24. The quantitative estimate of drug-likeness (QED) is 0.0129. The number of halogens is 6. The molecule has 0 fully saturated rings. The standard InChI is InChI=1S/C36H54Br2N6S4.C23H28Br2N6S4.C12H6Br2N6S4/c1-33(2,3)45-29-39-27(40-30(43-29)46-34(4,5)6)19-15-13-17-23-21-26(38)24(22-25(23)37)18-14-16-20-28-41-31(47-35(7,8)9)44-32(42-28)48-36(10,11)12;1-2-3-4-5-6-14-11-16(24)12-15(19(14)25)8-7-13(9-17-26-20(32)30-21(33)27-17)10-18-28-22(34)31-23(35)29-18;13-5-1-3(7-15-9(21)19-10(22)16-7)6(14)2-4(5)8-17-11(23)20-12(24)18-8/h21-22H,13-20H2,1-12H3;11-13H,2-10H2,1H3,(H2,26,27,30,32,33)(H2,28,29,31,34,35);1-2H,(H2,15,16,19,21,22)(H2,17,18,20,23,24). The average Bonchev–Trinajstić information content (AvgIpc) is 0.790. The molecule has 0 bridgehead atoms. The molecule has 0 aliphatic heterocycles. The van der Waals surface area contributed by atoms with Crippen molar-refractivity contribution in [1.29, 1.82) is 0 Å². The lowest BCUT2D eigenvalue weighted by molar-refractivity contribution is 0.455. The fraction of sp³-hybridized carbons (Fsp3) is 0.493. The zero-order valence-electron chi connectivity index (χ0n) is 61.7. The third kappa shape index (κ3) is 33.6. The number of benzene rings is 3. The molecule has 0 aliphatic rings. The van der Waals surface area contributed by atoms with Gasteiger partial charge in [-0.05, 0) is 227 Å². The van der Waals surface area contributed by atoms with E-state index in [0.29, 0.717) is 62.7 Å². The van der Waals surface area contributed by atoms with E-state index in [1.165, 1.54) is 61.4 Å². The van der Waals surface area contributed by atoms with Crippen molar-refractivity contribution in [2.45, 2.75) is 239 Å². The lowest BCUT2D eigenvalue weighted by Gasteiger charge is -2.19. The van der Waals surface area contributed by atoms with E-state index in [2.05, 4.69) is 270 Å².